The fourth-order valence-corrected chi connectivity index (χ4v) is 6.17. The zero-order valence-electron chi connectivity index (χ0n) is 21.8. The molecule has 0 spiro atoms. The van der Waals surface area contributed by atoms with E-state index in [2.05, 4.69) is 61.1 Å². The van der Waals surface area contributed by atoms with Crippen molar-refractivity contribution in [2.75, 3.05) is 0 Å². The van der Waals surface area contributed by atoms with Crippen LogP contribution in [0, 0.1) is 37.8 Å². The Labute approximate surface area is 211 Å². The van der Waals surface area contributed by atoms with Crippen LogP contribution in [-0.4, -0.2) is 38.2 Å². The predicted octanol–water partition coefficient (Wildman–Crippen LogP) is 5.72. The molecule has 5 rings (SSSR count). The SMILES string of the molecule is Cc1ccc(C)n1C1CC(n2c(C)ccc2C)C2OC(C)(C)OC2C1OCc1cccc([N+](=O)[O-])c1. The maximum Gasteiger partial charge on any atom is 0.269 e. The van der Waals surface area contributed by atoms with Gasteiger partial charge in [-0.1, -0.05) is 12.1 Å². The van der Waals surface area contributed by atoms with E-state index in [-0.39, 0.29) is 47.6 Å². The smallest absolute Gasteiger partial charge is 0.269 e. The van der Waals surface area contributed by atoms with Gasteiger partial charge in [-0.3, -0.25) is 10.1 Å². The number of aryl methyl sites for hydroxylation is 4. The molecule has 5 unspecified atom stereocenters. The average molecular weight is 494 g/mol. The molecule has 2 aromatic heterocycles. The van der Waals surface area contributed by atoms with Gasteiger partial charge in [0.2, 0.25) is 0 Å². The lowest BCUT2D eigenvalue weighted by molar-refractivity contribution is -0.385. The molecule has 1 aliphatic carbocycles. The highest BCUT2D eigenvalue weighted by Gasteiger charge is 2.56. The summed E-state index contributed by atoms with van der Waals surface area (Å²) < 4.78 is 24.4. The van der Waals surface area contributed by atoms with Gasteiger partial charge in [-0.2, -0.15) is 0 Å². The van der Waals surface area contributed by atoms with Crippen molar-refractivity contribution in [1.82, 2.24) is 9.13 Å². The van der Waals surface area contributed by atoms with Gasteiger partial charge >= 0.3 is 0 Å². The molecule has 5 atom stereocenters. The zero-order valence-corrected chi connectivity index (χ0v) is 21.8. The van der Waals surface area contributed by atoms with E-state index >= 15 is 0 Å². The first-order valence-corrected chi connectivity index (χ1v) is 12.5. The Morgan fingerprint density at radius 3 is 2.06 bits per heavy atom. The van der Waals surface area contributed by atoms with Crippen molar-refractivity contribution in [2.45, 2.75) is 90.8 Å². The Hall–Kier alpha value is -2.94. The van der Waals surface area contributed by atoms with E-state index in [9.17, 15) is 10.1 Å². The van der Waals surface area contributed by atoms with Crippen LogP contribution in [0.25, 0.3) is 0 Å². The maximum atomic E-state index is 11.3. The van der Waals surface area contributed by atoms with Crippen LogP contribution in [0.3, 0.4) is 0 Å². The predicted molar refractivity (Wildman–Crippen MR) is 136 cm³/mol. The minimum Gasteiger partial charge on any atom is -0.369 e. The molecule has 3 aromatic rings. The molecule has 36 heavy (non-hydrogen) atoms. The number of nitro benzene ring substituents is 1. The number of hydrogen-bond acceptors (Lipinski definition) is 5. The summed E-state index contributed by atoms with van der Waals surface area (Å²) in [6, 6.07) is 15.3. The Morgan fingerprint density at radius 1 is 0.917 bits per heavy atom. The lowest BCUT2D eigenvalue weighted by Crippen LogP contribution is -2.52. The van der Waals surface area contributed by atoms with Gasteiger partial charge in [-0.25, -0.2) is 0 Å². The Bertz CT molecular complexity index is 1240. The summed E-state index contributed by atoms with van der Waals surface area (Å²) in [5.41, 5.74) is 5.54. The summed E-state index contributed by atoms with van der Waals surface area (Å²) in [7, 11) is 0. The summed E-state index contributed by atoms with van der Waals surface area (Å²) in [6.07, 6.45) is 0.0258. The van der Waals surface area contributed by atoms with Gasteiger partial charge in [0.15, 0.2) is 5.79 Å². The van der Waals surface area contributed by atoms with Crippen LogP contribution < -0.4 is 0 Å². The zero-order chi connectivity index (χ0) is 25.8. The highest BCUT2D eigenvalue weighted by atomic mass is 16.8. The van der Waals surface area contributed by atoms with E-state index in [0.29, 0.717) is 0 Å². The second kappa shape index (κ2) is 9.18. The summed E-state index contributed by atoms with van der Waals surface area (Å²) >= 11 is 0. The van der Waals surface area contributed by atoms with E-state index in [0.717, 1.165) is 23.4 Å². The third kappa shape index (κ3) is 4.38. The second-order valence-electron chi connectivity index (χ2n) is 10.6. The third-order valence-corrected chi connectivity index (χ3v) is 7.61. The van der Waals surface area contributed by atoms with Crippen LogP contribution in [0.1, 0.15) is 60.7 Å². The highest BCUT2D eigenvalue weighted by molar-refractivity contribution is 5.34. The molecule has 3 heterocycles. The van der Waals surface area contributed by atoms with E-state index in [4.69, 9.17) is 14.2 Å². The second-order valence-corrected chi connectivity index (χ2v) is 10.6. The van der Waals surface area contributed by atoms with Crippen LogP contribution in [0.4, 0.5) is 5.69 Å². The van der Waals surface area contributed by atoms with Crippen LogP contribution >= 0.6 is 0 Å². The molecular weight excluding hydrogens is 458 g/mol. The monoisotopic (exact) mass is 493 g/mol. The van der Waals surface area contributed by atoms with Crippen LogP contribution in [0.15, 0.2) is 48.5 Å². The largest absolute Gasteiger partial charge is 0.369 e. The number of rotatable bonds is 6. The van der Waals surface area contributed by atoms with Gasteiger partial charge < -0.3 is 23.3 Å². The number of benzene rings is 1. The standard InChI is InChI=1S/C28H35N3O5/c1-17-10-11-18(2)29(17)23-15-24(30-19(3)12-13-20(30)4)26-27(36-28(5,6)35-26)25(23)34-16-21-8-7-9-22(14-21)31(32)33/h7-14,23-27H,15-16H2,1-6H3. The van der Waals surface area contributed by atoms with E-state index in [1.807, 2.05) is 19.9 Å². The maximum absolute atomic E-state index is 11.3. The molecule has 8 nitrogen and oxygen atoms in total. The van der Waals surface area contributed by atoms with Gasteiger partial charge in [-0.05, 0) is 77.8 Å². The first-order valence-electron chi connectivity index (χ1n) is 12.5. The number of hydrogen-bond donors (Lipinski definition) is 0. The summed E-state index contributed by atoms with van der Waals surface area (Å²) in [5.74, 6) is -0.745. The molecule has 2 aliphatic rings. The Kier molecular flexibility index (Phi) is 6.31. The fraction of sp³-hybridized carbons (Fsp3) is 0.500. The highest BCUT2D eigenvalue weighted by Crippen LogP contribution is 2.48. The van der Waals surface area contributed by atoms with Gasteiger partial charge in [-0.15, -0.1) is 0 Å². The molecule has 192 valence electrons. The molecule has 0 bridgehead atoms. The van der Waals surface area contributed by atoms with Crippen LogP contribution in [-0.2, 0) is 20.8 Å². The quantitative estimate of drug-likeness (QED) is 0.324. The average Bonchev–Trinajstić information content (AvgIpc) is 3.45. The van der Waals surface area contributed by atoms with Crippen LogP contribution in [0.2, 0.25) is 0 Å². The number of ether oxygens (including phenoxy) is 3. The number of fused-ring (bicyclic) bond motifs is 1. The fourth-order valence-electron chi connectivity index (χ4n) is 6.17. The molecular formula is C28H35N3O5. The van der Waals surface area contributed by atoms with E-state index < -0.39 is 5.79 Å². The molecule has 1 aromatic carbocycles. The van der Waals surface area contributed by atoms with Gasteiger partial charge in [0.05, 0.1) is 23.6 Å². The number of nitrogens with zero attached hydrogens (tertiary/aromatic N) is 3. The van der Waals surface area contributed by atoms with Crippen molar-refractivity contribution >= 4 is 5.69 Å². The number of nitro groups is 1. The van der Waals surface area contributed by atoms with Gasteiger partial charge in [0.1, 0.15) is 18.3 Å². The third-order valence-electron chi connectivity index (χ3n) is 7.61. The number of aromatic nitrogens is 2. The topological polar surface area (TPSA) is 80.7 Å². The molecule has 8 heteroatoms. The molecule has 0 amide bonds. The summed E-state index contributed by atoms with van der Waals surface area (Å²) in [5, 5.41) is 11.3. The van der Waals surface area contributed by atoms with Crippen molar-refractivity contribution in [3.63, 3.8) is 0 Å². The Balaban J connectivity index is 1.55. The van der Waals surface area contributed by atoms with Gasteiger partial charge in [0, 0.05) is 34.9 Å². The normalized spacial score (nSPS) is 27.2. The first kappa shape index (κ1) is 24.7. The number of non-ortho nitro benzene ring substituents is 1. The summed E-state index contributed by atoms with van der Waals surface area (Å²) in [4.78, 5) is 10.9. The van der Waals surface area contributed by atoms with Crippen molar-refractivity contribution < 1.29 is 19.1 Å². The lowest BCUT2D eigenvalue weighted by Gasteiger charge is -2.44. The summed E-state index contributed by atoms with van der Waals surface area (Å²) in [6.45, 7) is 12.7. The van der Waals surface area contributed by atoms with Gasteiger partial charge in [0.25, 0.3) is 5.69 Å². The molecule has 1 saturated carbocycles. The molecule has 0 radical (unpaired) electrons. The van der Waals surface area contributed by atoms with Crippen LogP contribution in [0.5, 0.6) is 0 Å². The lowest BCUT2D eigenvalue weighted by atomic mass is 9.82. The minimum atomic E-state index is -0.745. The molecule has 1 aliphatic heterocycles. The van der Waals surface area contributed by atoms with Crippen molar-refractivity contribution in [3.8, 4) is 0 Å². The van der Waals surface area contributed by atoms with Crippen molar-refractivity contribution in [2.24, 2.45) is 0 Å². The van der Waals surface area contributed by atoms with Crippen molar-refractivity contribution in [1.29, 1.82) is 0 Å². The molecule has 2 fully saturated rings. The Morgan fingerprint density at radius 2 is 1.47 bits per heavy atom. The minimum absolute atomic E-state index is 0.00338. The van der Waals surface area contributed by atoms with E-state index in [1.54, 1.807) is 12.1 Å². The molecule has 1 saturated heterocycles. The first-order chi connectivity index (χ1) is 17.1. The molecule has 0 N–H and O–H groups in total. The van der Waals surface area contributed by atoms with Crippen molar-refractivity contribution in [3.05, 3.63) is 87.0 Å². The van der Waals surface area contributed by atoms with E-state index in [1.165, 1.54) is 17.5 Å².